The third kappa shape index (κ3) is 4.40. The second kappa shape index (κ2) is 6.37. The molecule has 0 aliphatic rings. The van der Waals surface area contributed by atoms with E-state index in [1.165, 1.54) is 0 Å². The van der Waals surface area contributed by atoms with Crippen molar-refractivity contribution < 1.29 is 18.4 Å². The smallest absolute Gasteiger partial charge is 0.400 e. The Bertz CT molecular complexity index is 422. The summed E-state index contributed by atoms with van der Waals surface area (Å²) in [7, 11) is 0. The third-order valence-corrected chi connectivity index (χ3v) is 2.68. The number of oxime groups is 1. The molecule has 0 amide bonds. The number of amidine groups is 1. The van der Waals surface area contributed by atoms with Crippen LogP contribution in [-0.2, 0) is 0 Å². The first-order valence-electron chi connectivity index (χ1n) is 5.53. The molecule has 5 nitrogen and oxygen atoms in total. The summed E-state index contributed by atoms with van der Waals surface area (Å²) in [4.78, 5) is 3.88. The number of alkyl halides is 3. The topological polar surface area (TPSA) is 83.5 Å². The lowest BCUT2D eigenvalue weighted by atomic mass is 10.1. The fourth-order valence-corrected chi connectivity index (χ4v) is 1.50. The zero-order valence-electron chi connectivity index (χ0n) is 10.2. The van der Waals surface area contributed by atoms with Crippen LogP contribution in [0.15, 0.2) is 29.7 Å². The van der Waals surface area contributed by atoms with E-state index in [9.17, 15) is 13.2 Å². The van der Waals surface area contributed by atoms with E-state index in [2.05, 4.69) is 15.5 Å². The van der Waals surface area contributed by atoms with Crippen LogP contribution in [0, 0.1) is 5.92 Å². The summed E-state index contributed by atoms with van der Waals surface area (Å²) in [5.41, 5.74) is 5.81. The molecule has 106 valence electrons. The zero-order chi connectivity index (χ0) is 14.5. The number of nitrogens with zero attached hydrogens (tertiary/aromatic N) is 2. The summed E-state index contributed by atoms with van der Waals surface area (Å²) in [5, 5.41) is 13.5. The van der Waals surface area contributed by atoms with Crippen molar-refractivity contribution in [3.05, 3.63) is 30.1 Å². The Labute approximate surface area is 108 Å². The van der Waals surface area contributed by atoms with Crippen molar-refractivity contribution in [3.63, 3.8) is 0 Å². The highest BCUT2D eigenvalue weighted by molar-refractivity contribution is 5.83. The second-order valence-corrected chi connectivity index (χ2v) is 4.04. The number of rotatable bonds is 5. The largest absolute Gasteiger partial charge is 0.409 e. The summed E-state index contributed by atoms with van der Waals surface area (Å²) in [6.45, 7) is 1.23. The molecule has 8 heteroatoms. The maximum Gasteiger partial charge on any atom is 0.400 e. The highest BCUT2D eigenvalue weighted by atomic mass is 19.4. The van der Waals surface area contributed by atoms with Crippen molar-refractivity contribution in [2.75, 3.05) is 6.54 Å². The molecule has 1 aromatic heterocycles. The van der Waals surface area contributed by atoms with Gasteiger partial charge in [0, 0.05) is 25.0 Å². The van der Waals surface area contributed by atoms with Crippen LogP contribution in [0.5, 0.6) is 0 Å². The first-order valence-corrected chi connectivity index (χ1v) is 5.53. The van der Waals surface area contributed by atoms with E-state index >= 15 is 0 Å². The van der Waals surface area contributed by atoms with Crippen molar-refractivity contribution in [1.82, 2.24) is 10.3 Å². The van der Waals surface area contributed by atoms with Crippen molar-refractivity contribution in [1.29, 1.82) is 0 Å². The predicted octanol–water partition coefficient (Wildman–Crippen LogP) is 1.66. The molecule has 0 saturated heterocycles. The van der Waals surface area contributed by atoms with Crippen molar-refractivity contribution in [2.24, 2.45) is 16.8 Å². The van der Waals surface area contributed by atoms with E-state index in [1.807, 2.05) is 0 Å². The molecule has 2 atom stereocenters. The minimum Gasteiger partial charge on any atom is -0.409 e. The zero-order valence-corrected chi connectivity index (χ0v) is 10.2. The fourth-order valence-electron chi connectivity index (χ4n) is 1.50. The van der Waals surface area contributed by atoms with Crippen LogP contribution in [0.1, 0.15) is 18.5 Å². The first-order chi connectivity index (χ1) is 8.86. The molecule has 0 saturated carbocycles. The van der Waals surface area contributed by atoms with E-state index in [1.54, 1.807) is 31.5 Å². The van der Waals surface area contributed by atoms with Gasteiger partial charge in [-0.15, -0.1) is 0 Å². The van der Waals surface area contributed by atoms with Gasteiger partial charge in [-0.1, -0.05) is 11.2 Å². The summed E-state index contributed by atoms with van der Waals surface area (Å²) in [5.74, 6) is -2.89. The SMILES string of the molecule is CC(NCC(/C(N)=N/O)C(F)(F)F)c1cccnc1. The van der Waals surface area contributed by atoms with Crippen molar-refractivity contribution in [3.8, 4) is 0 Å². The van der Waals surface area contributed by atoms with Gasteiger partial charge < -0.3 is 16.3 Å². The van der Waals surface area contributed by atoms with Gasteiger partial charge in [0.15, 0.2) is 5.84 Å². The number of halogens is 3. The molecule has 0 radical (unpaired) electrons. The number of hydrogen-bond donors (Lipinski definition) is 3. The minimum absolute atomic E-state index is 0.329. The average Bonchev–Trinajstić information content (AvgIpc) is 2.37. The highest BCUT2D eigenvalue weighted by Crippen LogP contribution is 2.26. The molecule has 1 heterocycles. The molecule has 0 spiro atoms. The molecular formula is C11H15F3N4O. The Balaban J connectivity index is 2.68. The van der Waals surface area contributed by atoms with Crippen LogP contribution in [-0.4, -0.2) is 28.7 Å². The molecule has 1 rings (SSSR count). The molecular weight excluding hydrogens is 261 g/mol. The number of nitrogens with one attached hydrogen (secondary N) is 1. The normalized spacial score (nSPS) is 16.1. The number of aromatic nitrogens is 1. The molecule has 2 unspecified atom stereocenters. The maximum absolute atomic E-state index is 12.7. The van der Waals surface area contributed by atoms with Crippen LogP contribution in [0.25, 0.3) is 0 Å². The first kappa shape index (κ1) is 15.2. The molecule has 4 N–H and O–H groups in total. The van der Waals surface area contributed by atoms with E-state index < -0.39 is 24.5 Å². The van der Waals surface area contributed by atoms with Gasteiger partial charge in [0.1, 0.15) is 5.92 Å². The van der Waals surface area contributed by atoms with Crippen LogP contribution in [0.4, 0.5) is 13.2 Å². The van der Waals surface area contributed by atoms with E-state index in [-0.39, 0.29) is 6.04 Å². The Kier molecular flexibility index (Phi) is 5.11. The Morgan fingerprint density at radius 2 is 2.26 bits per heavy atom. The predicted molar refractivity (Wildman–Crippen MR) is 63.6 cm³/mol. The number of pyridine rings is 1. The van der Waals surface area contributed by atoms with Gasteiger partial charge in [0.2, 0.25) is 0 Å². The molecule has 0 aliphatic carbocycles. The van der Waals surface area contributed by atoms with Gasteiger partial charge in [-0.3, -0.25) is 4.98 Å². The summed E-state index contributed by atoms with van der Waals surface area (Å²) in [6, 6.07) is 3.11. The number of nitrogens with two attached hydrogens (primary N) is 1. The van der Waals surface area contributed by atoms with Gasteiger partial charge in [0.05, 0.1) is 0 Å². The average molecular weight is 276 g/mol. The lowest BCUT2D eigenvalue weighted by Crippen LogP contribution is -2.43. The Hall–Kier alpha value is -1.83. The lowest BCUT2D eigenvalue weighted by Gasteiger charge is -2.22. The molecule has 19 heavy (non-hydrogen) atoms. The monoisotopic (exact) mass is 276 g/mol. The van der Waals surface area contributed by atoms with Crippen LogP contribution in [0.2, 0.25) is 0 Å². The fraction of sp³-hybridized carbons (Fsp3) is 0.455. The molecule has 0 bridgehead atoms. The third-order valence-electron chi connectivity index (χ3n) is 2.68. The van der Waals surface area contributed by atoms with E-state index in [0.717, 1.165) is 5.56 Å². The molecule has 0 fully saturated rings. The van der Waals surface area contributed by atoms with Gasteiger partial charge in [-0.25, -0.2) is 0 Å². The number of hydrogen-bond acceptors (Lipinski definition) is 4. The Morgan fingerprint density at radius 3 is 2.74 bits per heavy atom. The highest BCUT2D eigenvalue weighted by Gasteiger charge is 2.42. The standard InChI is InChI=1S/C11H15F3N4O/c1-7(8-3-2-4-16-5-8)17-6-9(10(15)18-19)11(12,13)14/h2-5,7,9,17,19H,6H2,1H3,(H2,15,18). The van der Waals surface area contributed by atoms with Crippen LogP contribution < -0.4 is 11.1 Å². The van der Waals surface area contributed by atoms with Crippen LogP contribution >= 0.6 is 0 Å². The molecule has 0 aromatic carbocycles. The van der Waals surface area contributed by atoms with Gasteiger partial charge >= 0.3 is 6.18 Å². The van der Waals surface area contributed by atoms with Crippen molar-refractivity contribution in [2.45, 2.75) is 19.1 Å². The minimum atomic E-state index is -4.57. The van der Waals surface area contributed by atoms with Gasteiger partial charge in [-0.2, -0.15) is 13.2 Å². The summed E-state index contributed by atoms with van der Waals surface area (Å²) >= 11 is 0. The second-order valence-electron chi connectivity index (χ2n) is 4.04. The maximum atomic E-state index is 12.7. The summed E-state index contributed by atoms with van der Waals surface area (Å²) in [6.07, 6.45) is -1.44. The van der Waals surface area contributed by atoms with Gasteiger partial charge in [-0.05, 0) is 18.6 Å². The van der Waals surface area contributed by atoms with E-state index in [4.69, 9.17) is 10.9 Å². The van der Waals surface area contributed by atoms with E-state index in [0.29, 0.717) is 0 Å². The molecule has 0 aliphatic heterocycles. The van der Waals surface area contributed by atoms with Crippen molar-refractivity contribution >= 4 is 5.84 Å². The van der Waals surface area contributed by atoms with Gasteiger partial charge in [0.25, 0.3) is 0 Å². The molecule has 1 aromatic rings. The Morgan fingerprint density at radius 1 is 1.58 bits per heavy atom. The van der Waals surface area contributed by atoms with Crippen LogP contribution in [0.3, 0.4) is 0 Å². The summed E-state index contributed by atoms with van der Waals surface area (Å²) < 4.78 is 38.1. The lowest BCUT2D eigenvalue weighted by molar-refractivity contribution is -0.155. The quantitative estimate of drug-likeness (QED) is 0.330.